The lowest BCUT2D eigenvalue weighted by Gasteiger charge is -2.27. The molecule has 0 aliphatic heterocycles. The van der Waals surface area contributed by atoms with Gasteiger partial charge in [-0.25, -0.2) is 4.79 Å². The summed E-state index contributed by atoms with van der Waals surface area (Å²) in [5.41, 5.74) is -1.94. The predicted octanol–water partition coefficient (Wildman–Crippen LogP) is 0.491. The Bertz CT molecular complexity index is 258. The largest absolute Gasteiger partial charge is 0.481 e. The molecule has 0 aromatic carbocycles. The molecule has 0 heterocycles. The number of rotatable bonds is 6. The molecule has 0 aromatic rings. The van der Waals surface area contributed by atoms with E-state index in [4.69, 9.17) is 15.3 Å². The molecule has 5 nitrogen and oxygen atoms in total. The molecule has 0 aliphatic rings. The summed E-state index contributed by atoms with van der Waals surface area (Å²) in [5, 5.41) is 26.3. The first-order valence-corrected chi connectivity index (χ1v) is 4.19. The van der Waals surface area contributed by atoms with Gasteiger partial charge in [0.15, 0.2) is 0 Å². The van der Waals surface area contributed by atoms with Gasteiger partial charge in [-0.05, 0) is 12.8 Å². The van der Waals surface area contributed by atoms with Gasteiger partial charge < -0.3 is 15.3 Å². The van der Waals surface area contributed by atoms with Crippen molar-refractivity contribution in [3.63, 3.8) is 0 Å². The van der Waals surface area contributed by atoms with Gasteiger partial charge in [-0.3, -0.25) is 4.79 Å². The van der Waals surface area contributed by atoms with Crippen molar-refractivity contribution in [2.75, 3.05) is 6.61 Å². The molecule has 0 aromatic heterocycles. The van der Waals surface area contributed by atoms with Gasteiger partial charge in [0.05, 0.1) is 0 Å². The van der Waals surface area contributed by atoms with Crippen LogP contribution >= 0.6 is 0 Å². The SMILES string of the molecule is C=C(C(=O)O)C(CC)(CCO)C(=O)O. The molecule has 5 heteroatoms. The normalized spacial score (nSPS) is 14.4. The molecule has 0 amide bonds. The van der Waals surface area contributed by atoms with Crippen LogP contribution in [0.4, 0.5) is 0 Å². The molecule has 14 heavy (non-hydrogen) atoms. The maximum atomic E-state index is 11.0. The monoisotopic (exact) mass is 202 g/mol. The van der Waals surface area contributed by atoms with Gasteiger partial charge in [0, 0.05) is 12.2 Å². The quantitative estimate of drug-likeness (QED) is 0.545. The number of carbonyl (C=O) groups is 2. The third kappa shape index (κ3) is 2.11. The number of hydrogen-bond acceptors (Lipinski definition) is 3. The summed E-state index contributed by atoms with van der Waals surface area (Å²) < 4.78 is 0. The molecule has 3 N–H and O–H groups in total. The number of aliphatic hydroxyl groups excluding tert-OH is 1. The maximum absolute atomic E-state index is 11.0. The van der Waals surface area contributed by atoms with Crippen LogP contribution in [0.3, 0.4) is 0 Å². The van der Waals surface area contributed by atoms with Crippen LogP contribution in [0.15, 0.2) is 12.2 Å². The number of aliphatic hydroxyl groups is 1. The molecule has 80 valence electrons. The summed E-state index contributed by atoms with van der Waals surface area (Å²) in [5.74, 6) is -2.61. The van der Waals surface area contributed by atoms with Crippen molar-refractivity contribution in [3.8, 4) is 0 Å². The average molecular weight is 202 g/mol. The van der Waals surface area contributed by atoms with E-state index >= 15 is 0 Å². The van der Waals surface area contributed by atoms with Gasteiger partial charge in [-0.1, -0.05) is 13.5 Å². The number of carboxylic acids is 2. The Morgan fingerprint density at radius 3 is 2.07 bits per heavy atom. The van der Waals surface area contributed by atoms with E-state index in [2.05, 4.69) is 6.58 Å². The highest BCUT2D eigenvalue weighted by molar-refractivity contribution is 5.95. The first-order chi connectivity index (χ1) is 6.42. The second-order valence-electron chi connectivity index (χ2n) is 3.00. The summed E-state index contributed by atoms with van der Waals surface area (Å²) >= 11 is 0. The van der Waals surface area contributed by atoms with Crippen molar-refractivity contribution in [2.24, 2.45) is 5.41 Å². The fraction of sp³-hybridized carbons (Fsp3) is 0.556. The van der Waals surface area contributed by atoms with Crippen LogP contribution in [-0.4, -0.2) is 33.9 Å². The number of carboxylic acid groups (broad SMARTS) is 2. The molecule has 0 fully saturated rings. The summed E-state index contributed by atoms with van der Waals surface area (Å²) in [6.07, 6.45) is -0.0437. The highest BCUT2D eigenvalue weighted by atomic mass is 16.4. The van der Waals surface area contributed by atoms with Crippen LogP contribution in [0, 0.1) is 5.41 Å². The Kier molecular flexibility index (Phi) is 4.30. The fourth-order valence-corrected chi connectivity index (χ4v) is 1.32. The topological polar surface area (TPSA) is 94.8 Å². The molecule has 0 aliphatic carbocycles. The molecule has 1 unspecified atom stereocenters. The van der Waals surface area contributed by atoms with E-state index in [1.807, 2.05) is 0 Å². The Morgan fingerprint density at radius 1 is 1.36 bits per heavy atom. The van der Waals surface area contributed by atoms with Gasteiger partial charge in [-0.15, -0.1) is 0 Å². The lowest BCUT2D eigenvalue weighted by molar-refractivity contribution is -0.151. The van der Waals surface area contributed by atoms with Gasteiger partial charge >= 0.3 is 11.9 Å². The van der Waals surface area contributed by atoms with Crippen LogP contribution in [0.2, 0.25) is 0 Å². The second-order valence-corrected chi connectivity index (χ2v) is 3.00. The molecule has 0 bridgehead atoms. The molecule has 0 radical (unpaired) electrons. The molecule has 0 saturated carbocycles. The third-order valence-corrected chi connectivity index (χ3v) is 2.39. The van der Waals surface area contributed by atoms with E-state index in [-0.39, 0.29) is 25.0 Å². The smallest absolute Gasteiger partial charge is 0.332 e. The Balaban J connectivity index is 5.13. The molecule has 1 atom stereocenters. The van der Waals surface area contributed by atoms with Gasteiger partial charge in [0.2, 0.25) is 0 Å². The highest BCUT2D eigenvalue weighted by Crippen LogP contribution is 2.34. The van der Waals surface area contributed by atoms with Gasteiger partial charge in [0.25, 0.3) is 0 Å². The highest BCUT2D eigenvalue weighted by Gasteiger charge is 2.42. The van der Waals surface area contributed by atoms with Crippen LogP contribution in [0.5, 0.6) is 0 Å². The summed E-state index contributed by atoms with van der Waals surface area (Å²) in [6.45, 7) is 4.42. The van der Waals surface area contributed by atoms with Crippen molar-refractivity contribution in [1.82, 2.24) is 0 Å². The van der Waals surface area contributed by atoms with Crippen molar-refractivity contribution in [1.29, 1.82) is 0 Å². The predicted molar refractivity (Wildman–Crippen MR) is 48.8 cm³/mol. The zero-order valence-corrected chi connectivity index (χ0v) is 7.99. The standard InChI is InChI=1S/C9H14O5/c1-3-9(4-5-10,8(13)14)6(2)7(11)12/h10H,2-5H2,1H3,(H,11,12)(H,13,14). The Hall–Kier alpha value is -1.36. The molecule has 0 rings (SSSR count). The van der Waals surface area contributed by atoms with Crippen molar-refractivity contribution >= 4 is 11.9 Å². The van der Waals surface area contributed by atoms with Crippen LogP contribution in [0.1, 0.15) is 19.8 Å². The van der Waals surface area contributed by atoms with E-state index in [9.17, 15) is 9.59 Å². The van der Waals surface area contributed by atoms with Crippen LogP contribution in [-0.2, 0) is 9.59 Å². The number of hydrogen-bond donors (Lipinski definition) is 3. The summed E-state index contributed by atoms with van der Waals surface area (Å²) in [4.78, 5) is 21.6. The van der Waals surface area contributed by atoms with Gasteiger partial charge in [-0.2, -0.15) is 0 Å². The average Bonchev–Trinajstić information content (AvgIpc) is 2.12. The molecule has 0 spiro atoms. The van der Waals surface area contributed by atoms with Crippen LogP contribution in [0.25, 0.3) is 0 Å². The summed E-state index contributed by atoms with van der Waals surface area (Å²) in [7, 11) is 0. The van der Waals surface area contributed by atoms with E-state index in [0.717, 1.165) is 0 Å². The van der Waals surface area contributed by atoms with Crippen LogP contribution < -0.4 is 0 Å². The minimum atomic E-state index is -1.55. The van der Waals surface area contributed by atoms with Gasteiger partial charge in [0.1, 0.15) is 5.41 Å². The maximum Gasteiger partial charge on any atom is 0.332 e. The van der Waals surface area contributed by atoms with E-state index in [0.29, 0.717) is 0 Å². The first kappa shape index (κ1) is 12.6. The lowest BCUT2D eigenvalue weighted by Crippen LogP contribution is -2.36. The zero-order valence-electron chi connectivity index (χ0n) is 7.99. The van der Waals surface area contributed by atoms with E-state index in [1.165, 1.54) is 0 Å². The van der Waals surface area contributed by atoms with E-state index < -0.39 is 17.4 Å². The molecular weight excluding hydrogens is 188 g/mol. The third-order valence-electron chi connectivity index (χ3n) is 2.39. The molecular formula is C9H14O5. The van der Waals surface area contributed by atoms with Crippen molar-refractivity contribution in [3.05, 3.63) is 12.2 Å². The minimum Gasteiger partial charge on any atom is -0.481 e. The Morgan fingerprint density at radius 2 is 1.86 bits per heavy atom. The fourth-order valence-electron chi connectivity index (χ4n) is 1.32. The Labute approximate surface area is 81.7 Å². The summed E-state index contributed by atoms with van der Waals surface area (Å²) in [6, 6.07) is 0. The zero-order chi connectivity index (χ0) is 11.4. The minimum absolute atomic E-state index is 0.0913. The molecule has 0 saturated heterocycles. The van der Waals surface area contributed by atoms with Crippen molar-refractivity contribution in [2.45, 2.75) is 19.8 Å². The van der Waals surface area contributed by atoms with Crippen molar-refractivity contribution < 1.29 is 24.9 Å². The number of aliphatic carboxylic acids is 2. The second kappa shape index (κ2) is 4.76. The lowest BCUT2D eigenvalue weighted by atomic mass is 9.75. The first-order valence-electron chi connectivity index (χ1n) is 4.19. The van der Waals surface area contributed by atoms with E-state index in [1.54, 1.807) is 6.92 Å².